The largest absolute Gasteiger partial charge is 0.345 e. The summed E-state index contributed by atoms with van der Waals surface area (Å²) in [6, 6.07) is 0. The first kappa shape index (κ1) is 15.0. The lowest BCUT2D eigenvalue weighted by atomic mass is 10.2. The summed E-state index contributed by atoms with van der Waals surface area (Å²) in [6.45, 7) is 2.47. The van der Waals surface area contributed by atoms with Gasteiger partial charge in [0.15, 0.2) is 5.11 Å². The number of hydrogen-bond acceptors (Lipinski definition) is 3. The molecular formula is C13H22N4O2S. The van der Waals surface area contributed by atoms with Crippen molar-refractivity contribution in [3.8, 4) is 0 Å². The van der Waals surface area contributed by atoms with E-state index in [-0.39, 0.29) is 11.8 Å². The molecule has 0 aromatic heterocycles. The first-order chi connectivity index (χ1) is 9.66. The molecule has 2 saturated heterocycles. The molecule has 2 aliphatic heterocycles. The molecule has 2 heterocycles. The Labute approximate surface area is 124 Å². The molecule has 0 aliphatic carbocycles. The van der Waals surface area contributed by atoms with E-state index in [9.17, 15) is 9.59 Å². The van der Waals surface area contributed by atoms with Crippen molar-refractivity contribution in [3.63, 3.8) is 0 Å². The minimum Gasteiger partial charge on any atom is -0.345 e. The summed E-state index contributed by atoms with van der Waals surface area (Å²) in [6.07, 6.45) is 5.32. The van der Waals surface area contributed by atoms with E-state index in [1.54, 1.807) is 4.90 Å². The zero-order valence-electron chi connectivity index (χ0n) is 11.7. The van der Waals surface area contributed by atoms with Crippen LogP contribution in [0.4, 0.5) is 0 Å². The topological polar surface area (TPSA) is 64.7 Å². The number of carbonyl (C=O) groups excluding carboxylic acids is 2. The van der Waals surface area contributed by atoms with E-state index in [4.69, 9.17) is 12.2 Å². The Kier molecular flexibility index (Phi) is 5.58. The smallest absolute Gasteiger partial charge is 0.224 e. The molecule has 2 amide bonds. The molecule has 0 aromatic rings. The van der Waals surface area contributed by atoms with Gasteiger partial charge in [-0.1, -0.05) is 6.42 Å². The zero-order valence-corrected chi connectivity index (χ0v) is 12.5. The van der Waals surface area contributed by atoms with E-state index in [1.165, 1.54) is 0 Å². The van der Waals surface area contributed by atoms with E-state index in [0.29, 0.717) is 31.3 Å². The number of nitrogens with one attached hydrogen (secondary N) is 2. The minimum absolute atomic E-state index is 0.169. The third kappa shape index (κ3) is 4.33. The van der Waals surface area contributed by atoms with Crippen molar-refractivity contribution in [2.24, 2.45) is 0 Å². The Morgan fingerprint density at radius 2 is 1.45 bits per heavy atom. The van der Waals surface area contributed by atoms with Crippen LogP contribution in [0, 0.1) is 0 Å². The number of hydrogen-bond donors (Lipinski definition) is 2. The molecule has 6 nitrogen and oxygen atoms in total. The van der Waals surface area contributed by atoms with Crippen LogP contribution in [0.1, 0.15) is 38.5 Å². The number of rotatable bonds is 4. The number of amides is 2. The van der Waals surface area contributed by atoms with Gasteiger partial charge in [-0.2, -0.15) is 0 Å². The molecule has 0 spiro atoms. The highest BCUT2D eigenvalue weighted by atomic mass is 32.1. The van der Waals surface area contributed by atoms with E-state index < -0.39 is 0 Å². The zero-order chi connectivity index (χ0) is 14.4. The van der Waals surface area contributed by atoms with Crippen LogP contribution in [0.25, 0.3) is 0 Å². The highest BCUT2D eigenvalue weighted by molar-refractivity contribution is 7.80. The van der Waals surface area contributed by atoms with Crippen LogP contribution < -0.4 is 10.6 Å². The fraction of sp³-hybridized carbons (Fsp3) is 0.769. The molecule has 112 valence electrons. The first-order valence-corrected chi connectivity index (χ1v) is 7.65. The van der Waals surface area contributed by atoms with Crippen molar-refractivity contribution >= 4 is 29.1 Å². The second kappa shape index (κ2) is 7.42. The summed E-state index contributed by atoms with van der Waals surface area (Å²) in [4.78, 5) is 26.8. The normalized spacial score (nSPS) is 20.0. The molecule has 0 atom stereocenters. The van der Waals surface area contributed by atoms with Crippen LogP contribution >= 0.6 is 12.2 Å². The Morgan fingerprint density at radius 3 is 2.00 bits per heavy atom. The maximum atomic E-state index is 11.8. The fourth-order valence-electron chi connectivity index (χ4n) is 2.47. The Hall–Kier alpha value is -1.37. The van der Waals surface area contributed by atoms with Gasteiger partial charge in [0.05, 0.1) is 13.3 Å². The van der Waals surface area contributed by atoms with Gasteiger partial charge in [-0.15, -0.1) is 0 Å². The maximum Gasteiger partial charge on any atom is 0.224 e. The highest BCUT2D eigenvalue weighted by Crippen LogP contribution is 2.10. The van der Waals surface area contributed by atoms with Crippen LogP contribution in [0.3, 0.4) is 0 Å². The lowest BCUT2D eigenvalue weighted by molar-refractivity contribution is -0.130. The summed E-state index contributed by atoms with van der Waals surface area (Å²) in [5.41, 5.74) is 0. The summed E-state index contributed by atoms with van der Waals surface area (Å²) in [5.74, 6) is 0.357. The van der Waals surface area contributed by atoms with Crippen LogP contribution in [0.2, 0.25) is 0 Å². The minimum atomic E-state index is 0.169. The Bertz CT molecular complexity index is 389. The van der Waals surface area contributed by atoms with Crippen molar-refractivity contribution in [1.82, 2.24) is 20.4 Å². The van der Waals surface area contributed by atoms with Crippen LogP contribution in [0.5, 0.6) is 0 Å². The van der Waals surface area contributed by atoms with Crippen LogP contribution in [-0.2, 0) is 9.59 Å². The average molecular weight is 298 g/mol. The van der Waals surface area contributed by atoms with Crippen molar-refractivity contribution in [3.05, 3.63) is 0 Å². The van der Waals surface area contributed by atoms with Gasteiger partial charge in [0.25, 0.3) is 0 Å². The lowest BCUT2D eigenvalue weighted by Crippen LogP contribution is -2.47. The van der Waals surface area contributed by atoms with Gasteiger partial charge in [0, 0.05) is 25.9 Å². The Balaban J connectivity index is 1.66. The third-order valence-electron chi connectivity index (χ3n) is 3.70. The van der Waals surface area contributed by atoms with Crippen molar-refractivity contribution in [1.29, 1.82) is 0 Å². The van der Waals surface area contributed by atoms with Gasteiger partial charge in [0.2, 0.25) is 11.8 Å². The summed E-state index contributed by atoms with van der Waals surface area (Å²) in [7, 11) is 0. The summed E-state index contributed by atoms with van der Waals surface area (Å²) >= 11 is 5.17. The van der Waals surface area contributed by atoms with Gasteiger partial charge in [-0.25, -0.2) is 0 Å². The molecule has 2 fully saturated rings. The molecule has 2 rings (SSSR count). The average Bonchev–Trinajstić information content (AvgIpc) is 2.72. The van der Waals surface area contributed by atoms with Crippen molar-refractivity contribution in [2.45, 2.75) is 38.5 Å². The molecule has 0 radical (unpaired) electrons. The van der Waals surface area contributed by atoms with Gasteiger partial charge in [-0.3, -0.25) is 9.59 Å². The molecule has 7 heteroatoms. The molecule has 0 unspecified atom stereocenters. The van der Waals surface area contributed by atoms with Gasteiger partial charge in [-0.05, 0) is 31.5 Å². The monoisotopic (exact) mass is 298 g/mol. The molecule has 2 N–H and O–H groups in total. The predicted octanol–water partition coefficient (Wildman–Crippen LogP) is 0.391. The van der Waals surface area contributed by atoms with E-state index in [0.717, 1.165) is 38.8 Å². The van der Waals surface area contributed by atoms with Crippen molar-refractivity contribution in [2.75, 3.05) is 26.4 Å². The maximum absolute atomic E-state index is 11.8. The first-order valence-electron chi connectivity index (χ1n) is 7.24. The molecule has 20 heavy (non-hydrogen) atoms. The predicted molar refractivity (Wildman–Crippen MR) is 79.7 cm³/mol. The van der Waals surface area contributed by atoms with E-state index >= 15 is 0 Å². The summed E-state index contributed by atoms with van der Waals surface area (Å²) in [5, 5.41) is 6.54. The molecule has 0 aromatic carbocycles. The second-order valence-electron chi connectivity index (χ2n) is 5.23. The van der Waals surface area contributed by atoms with Gasteiger partial charge < -0.3 is 20.4 Å². The number of thiocarbonyl (C=S) groups is 1. The number of nitrogens with zero attached hydrogens (tertiary/aromatic N) is 2. The molecule has 0 bridgehead atoms. The van der Waals surface area contributed by atoms with E-state index in [2.05, 4.69) is 10.6 Å². The molecule has 0 saturated carbocycles. The number of likely N-dealkylation sites (tertiary alicyclic amines) is 2. The van der Waals surface area contributed by atoms with Gasteiger partial charge in [0.1, 0.15) is 0 Å². The van der Waals surface area contributed by atoms with E-state index in [1.807, 2.05) is 4.90 Å². The SMILES string of the molecule is O=C1CCCCCN1CNC(=S)NCN1CCCC1=O. The summed E-state index contributed by atoms with van der Waals surface area (Å²) < 4.78 is 0. The van der Waals surface area contributed by atoms with Crippen LogP contribution in [0.15, 0.2) is 0 Å². The highest BCUT2D eigenvalue weighted by Gasteiger charge is 2.20. The van der Waals surface area contributed by atoms with Crippen LogP contribution in [-0.4, -0.2) is 53.2 Å². The Morgan fingerprint density at radius 1 is 0.900 bits per heavy atom. The van der Waals surface area contributed by atoms with Crippen molar-refractivity contribution < 1.29 is 9.59 Å². The quantitative estimate of drug-likeness (QED) is 0.735. The lowest BCUT2D eigenvalue weighted by Gasteiger charge is -2.23. The molecular weight excluding hydrogens is 276 g/mol. The standard InChI is InChI=1S/C13H22N4O2S/c18-11-5-2-1-3-7-16(11)9-14-13(20)15-10-17-8-4-6-12(17)19/h1-10H2,(H2,14,15,20). The van der Waals surface area contributed by atoms with Gasteiger partial charge >= 0.3 is 0 Å². The fourth-order valence-corrected chi connectivity index (χ4v) is 2.60. The second-order valence-corrected chi connectivity index (χ2v) is 5.64. The third-order valence-corrected chi connectivity index (χ3v) is 3.99. The number of carbonyl (C=O) groups is 2. The molecule has 2 aliphatic rings.